The predicted molar refractivity (Wildman–Crippen MR) is 126 cm³/mol. The first-order valence-electron chi connectivity index (χ1n) is 10.4. The molecule has 0 saturated heterocycles. The number of thioether (sulfide) groups is 1. The molecule has 0 amide bonds. The molecule has 2 heterocycles. The van der Waals surface area contributed by atoms with Crippen LogP contribution in [-0.4, -0.2) is 50.3 Å². The number of ketones is 1. The Bertz CT molecular complexity index is 1170. The van der Waals surface area contributed by atoms with E-state index in [4.69, 9.17) is 0 Å². The fraction of sp³-hybridized carbons (Fsp3) is 0.292. The van der Waals surface area contributed by atoms with Crippen molar-refractivity contribution < 1.29 is 4.79 Å². The van der Waals surface area contributed by atoms with E-state index in [0.717, 1.165) is 33.9 Å². The molecule has 4 aromatic rings. The van der Waals surface area contributed by atoms with Crippen molar-refractivity contribution in [2.45, 2.75) is 31.1 Å². The summed E-state index contributed by atoms with van der Waals surface area (Å²) < 4.78 is 2.15. The molecule has 1 N–H and O–H groups in total. The zero-order valence-corrected chi connectivity index (χ0v) is 18.9. The molecule has 0 aliphatic heterocycles. The summed E-state index contributed by atoms with van der Waals surface area (Å²) in [5.41, 5.74) is 2.88. The average molecular weight is 434 g/mol. The highest BCUT2D eigenvalue weighted by Gasteiger charge is 2.23. The second-order valence-corrected chi connectivity index (χ2v) is 8.70. The molecule has 0 spiro atoms. The Balaban J connectivity index is 1.60. The fourth-order valence-corrected chi connectivity index (χ4v) is 4.68. The molecule has 2 aromatic heterocycles. The molecule has 0 unspecified atom stereocenters. The molecule has 31 heavy (non-hydrogen) atoms. The van der Waals surface area contributed by atoms with Gasteiger partial charge in [-0.2, -0.15) is 0 Å². The van der Waals surface area contributed by atoms with E-state index in [2.05, 4.69) is 57.8 Å². The number of carbonyl (C=O) groups is 1. The van der Waals surface area contributed by atoms with Crippen LogP contribution in [0.3, 0.4) is 0 Å². The smallest absolute Gasteiger partial charge is 0.192 e. The van der Waals surface area contributed by atoms with Gasteiger partial charge in [0, 0.05) is 22.7 Å². The lowest BCUT2D eigenvalue weighted by Gasteiger charge is -2.23. The van der Waals surface area contributed by atoms with Crippen LogP contribution in [0.2, 0.25) is 0 Å². The molecular weight excluding hydrogens is 406 g/mol. The van der Waals surface area contributed by atoms with Gasteiger partial charge in [0.25, 0.3) is 0 Å². The number of benzene rings is 2. The van der Waals surface area contributed by atoms with E-state index in [9.17, 15) is 4.79 Å². The number of para-hydroxylation sites is 1. The van der Waals surface area contributed by atoms with Gasteiger partial charge in [0.1, 0.15) is 0 Å². The van der Waals surface area contributed by atoms with Gasteiger partial charge in [-0.3, -0.25) is 9.69 Å². The minimum absolute atomic E-state index is 0.0814. The molecule has 0 fully saturated rings. The fourth-order valence-electron chi connectivity index (χ4n) is 3.86. The zero-order chi connectivity index (χ0) is 21.8. The largest absolute Gasteiger partial charge is 0.360 e. The van der Waals surface area contributed by atoms with Crippen molar-refractivity contribution in [3.63, 3.8) is 0 Å². The Hall–Kier alpha value is -2.90. The van der Waals surface area contributed by atoms with Gasteiger partial charge in [-0.25, -0.2) is 0 Å². The van der Waals surface area contributed by atoms with E-state index in [0.29, 0.717) is 12.3 Å². The first-order valence-corrected chi connectivity index (χ1v) is 11.4. The first kappa shape index (κ1) is 21.3. The van der Waals surface area contributed by atoms with Gasteiger partial charge in [-0.1, -0.05) is 67.2 Å². The molecule has 7 heteroatoms. The van der Waals surface area contributed by atoms with Crippen molar-refractivity contribution >= 4 is 28.4 Å². The van der Waals surface area contributed by atoms with Crippen molar-refractivity contribution in [2.75, 3.05) is 19.8 Å². The normalized spacial score (nSPS) is 12.5. The summed E-state index contributed by atoms with van der Waals surface area (Å²) in [6, 6.07) is 18.3. The minimum atomic E-state index is 0.0814. The number of H-pyrrole nitrogens is 1. The zero-order valence-electron chi connectivity index (χ0n) is 18.1. The SMILES string of the molecule is CC[C@H](c1nnc(SCC(=O)c2c[nH]c3ccccc23)n1Cc1ccccc1)N(C)C. The maximum absolute atomic E-state index is 13.0. The molecular formula is C24H27N5OS. The molecule has 6 nitrogen and oxygen atoms in total. The molecule has 2 aromatic carbocycles. The molecule has 0 bridgehead atoms. The lowest BCUT2D eigenvalue weighted by atomic mass is 10.1. The molecule has 160 valence electrons. The third-order valence-corrected chi connectivity index (χ3v) is 6.43. The van der Waals surface area contributed by atoms with Crippen LogP contribution in [-0.2, 0) is 6.54 Å². The van der Waals surface area contributed by atoms with E-state index in [-0.39, 0.29) is 11.8 Å². The number of hydrogen-bond donors (Lipinski definition) is 1. The topological polar surface area (TPSA) is 66.8 Å². The van der Waals surface area contributed by atoms with Gasteiger partial charge in [-0.15, -0.1) is 10.2 Å². The van der Waals surface area contributed by atoms with Crippen molar-refractivity contribution in [1.82, 2.24) is 24.6 Å². The highest BCUT2D eigenvalue weighted by molar-refractivity contribution is 7.99. The maximum atomic E-state index is 13.0. The van der Waals surface area contributed by atoms with Crippen molar-refractivity contribution in [3.05, 3.63) is 77.7 Å². The average Bonchev–Trinajstić information content (AvgIpc) is 3.38. The Morgan fingerprint density at radius 3 is 2.58 bits per heavy atom. The number of rotatable bonds is 9. The van der Waals surface area contributed by atoms with Crippen molar-refractivity contribution in [2.24, 2.45) is 0 Å². The second kappa shape index (κ2) is 9.49. The molecule has 1 atom stereocenters. The monoisotopic (exact) mass is 433 g/mol. The summed E-state index contributed by atoms with van der Waals surface area (Å²) in [5.74, 6) is 1.32. The summed E-state index contributed by atoms with van der Waals surface area (Å²) in [6.45, 7) is 2.83. The Morgan fingerprint density at radius 2 is 1.84 bits per heavy atom. The number of carbonyl (C=O) groups excluding carboxylic acids is 1. The Morgan fingerprint density at radius 1 is 1.10 bits per heavy atom. The van der Waals surface area contributed by atoms with Crippen LogP contribution >= 0.6 is 11.8 Å². The number of fused-ring (bicyclic) bond motifs is 1. The van der Waals surface area contributed by atoms with E-state index >= 15 is 0 Å². The summed E-state index contributed by atoms with van der Waals surface area (Å²) in [6.07, 6.45) is 2.73. The lowest BCUT2D eigenvalue weighted by molar-refractivity contribution is 0.102. The van der Waals surface area contributed by atoms with Crippen LogP contribution in [0.1, 0.15) is 41.1 Å². The third-order valence-electron chi connectivity index (χ3n) is 5.46. The number of aromatic amines is 1. The number of hydrogen-bond acceptors (Lipinski definition) is 5. The number of nitrogens with zero attached hydrogens (tertiary/aromatic N) is 4. The standard InChI is InChI=1S/C24H27N5OS/c1-4-21(28(2)3)23-26-27-24(29(23)15-17-10-6-5-7-11-17)31-16-22(30)19-14-25-20-13-9-8-12-18(19)20/h5-14,21,25H,4,15-16H2,1-3H3/t21-/m1/s1. The van der Waals surface area contributed by atoms with Gasteiger partial charge in [-0.05, 0) is 32.1 Å². The minimum Gasteiger partial charge on any atom is -0.360 e. The first-order chi connectivity index (χ1) is 15.1. The van der Waals surface area contributed by atoms with E-state index in [1.807, 2.05) is 42.5 Å². The molecule has 0 aliphatic carbocycles. The van der Waals surface area contributed by atoms with Crippen molar-refractivity contribution in [3.8, 4) is 0 Å². The lowest BCUT2D eigenvalue weighted by Crippen LogP contribution is -2.23. The number of nitrogens with one attached hydrogen (secondary N) is 1. The van der Waals surface area contributed by atoms with Crippen molar-refractivity contribution in [1.29, 1.82) is 0 Å². The number of Topliss-reactive ketones (excluding diaryl/α,β-unsaturated/α-hetero) is 1. The molecule has 4 rings (SSSR count). The third kappa shape index (κ3) is 4.57. The summed E-state index contributed by atoms with van der Waals surface area (Å²) in [5, 5.41) is 10.7. The molecule has 0 radical (unpaired) electrons. The quantitative estimate of drug-likeness (QED) is 0.303. The second-order valence-electron chi connectivity index (χ2n) is 7.76. The highest BCUT2D eigenvalue weighted by Crippen LogP contribution is 2.27. The van der Waals surface area contributed by atoms with Crippen LogP contribution in [0, 0.1) is 0 Å². The number of aromatic nitrogens is 4. The van der Waals surface area contributed by atoms with Crippen LogP contribution in [0.25, 0.3) is 10.9 Å². The van der Waals surface area contributed by atoms with Gasteiger partial charge >= 0.3 is 0 Å². The van der Waals surface area contributed by atoms with Crippen LogP contribution in [0.5, 0.6) is 0 Å². The van der Waals surface area contributed by atoms with Crippen LogP contribution in [0.15, 0.2) is 66.0 Å². The maximum Gasteiger partial charge on any atom is 0.192 e. The summed E-state index contributed by atoms with van der Waals surface area (Å²) >= 11 is 1.45. The Kier molecular flexibility index (Phi) is 6.53. The highest BCUT2D eigenvalue weighted by atomic mass is 32.2. The molecule has 0 saturated carbocycles. The van der Waals surface area contributed by atoms with E-state index in [1.54, 1.807) is 6.20 Å². The van der Waals surface area contributed by atoms with Crippen LogP contribution < -0.4 is 0 Å². The van der Waals surface area contributed by atoms with Gasteiger partial charge < -0.3 is 9.55 Å². The molecule has 0 aliphatic rings. The predicted octanol–water partition coefficient (Wildman–Crippen LogP) is 4.80. The van der Waals surface area contributed by atoms with Gasteiger partial charge in [0.15, 0.2) is 16.8 Å². The summed E-state index contributed by atoms with van der Waals surface area (Å²) in [4.78, 5) is 18.3. The van der Waals surface area contributed by atoms with E-state index in [1.165, 1.54) is 17.3 Å². The van der Waals surface area contributed by atoms with Gasteiger partial charge in [0.05, 0.1) is 18.3 Å². The van der Waals surface area contributed by atoms with Gasteiger partial charge in [0.2, 0.25) is 0 Å². The Labute approximate surface area is 186 Å². The summed E-state index contributed by atoms with van der Waals surface area (Å²) in [7, 11) is 4.12. The van der Waals surface area contributed by atoms with Crippen LogP contribution in [0.4, 0.5) is 0 Å². The van der Waals surface area contributed by atoms with E-state index < -0.39 is 0 Å².